The van der Waals surface area contributed by atoms with Gasteiger partial charge in [-0.15, -0.1) is 0 Å². The van der Waals surface area contributed by atoms with Crippen molar-refractivity contribution in [2.24, 2.45) is 7.05 Å². The summed E-state index contributed by atoms with van der Waals surface area (Å²) in [7, 11) is 3.43. The number of ether oxygens (including phenoxy) is 1. The second-order valence-electron chi connectivity index (χ2n) is 8.47. The van der Waals surface area contributed by atoms with Crippen molar-refractivity contribution in [3.05, 3.63) is 52.8 Å². The number of fused-ring (bicyclic) bond motifs is 1. The first-order chi connectivity index (χ1) is 15.3. The van der Waals surface area contributed by atoms with Gasteiger partial charge >= 0.3 is 0 Å². The molecule has 0 aliphatic carbocycles. The first-order valence-corrected chi connectivity index (χ1v) is 10.9. The van der Waals surface area contributed by atoms with Crippen LogP contribution in [0.5, 0.6) is 5.75 Å². The zero-order valence-corrected chi connectivity index (χ0v) is 19.3. The number of methoxy groups -OCH3 is 1. The van der Waals surface area contributed by atoms with E-state index in [-0.39, 0.29) is 17.7 Å². The van der Waals surface area contributed by atoms with Gasteiger partial charge in [-0.2, -0.15) is 5.10 Å². The molecule has 1 aliphatic rings. The molecule has 4 rings (SSSR count). The lowest BCUT2D eigenvalue weighted by molar-refractivity contribution is 0.0536. The van der Waals surface area contributed by atoms with Crippen molar-refractivity contribution in [3.63, 3.8) is 0 Å². The Morgan fingerprint density at radius 3 is 2.31 bits per heavy atom. The maximum Gasteiger partial charge on any atom is 0.254 e. The molecule has 2 aromatic heterocycles. The molecular formula is C24H29N5O3. The average molecular weight is 436 g/mol. The molecule has 0 N–H and O–H groups in total. The van der Waals surface area contributed by atoms with Gasteiger partial charge in [0.05, 0.1) is 23.8 Å². The van der Waals surface area contributed by atoms with Gasteiger partial charge in [-0.25, -0.2) is 4.98 Å². The van der Waals surface area contributed by atoms with Crippen molar-refractivity contribution in [1.82, 2.24) is 24.6 Å². The number of hydrogen-bond donors (Lipinski definition) is 0. The summed E-state index contributed by atoms with van der Waals surface area (Å²) in [5.74, 6) is 0.758. The van der Waals surface area contributed by atoms with Gasteiger partial charge in [0, 0.05) is 44.5 Å². The molecule has 0 atom stereocenters. The lowest BCUT2D eigenvalue weighted by Crippen LogP contribution is -2.50. The summed E-state index contributed by atoms with van der Waals surface area (Å²) in [6.45, 7) is 7.96. The van der Waals surface area contributed by atoms with Crippen LogP contribution >= 0.6 is 0 Å². The van der Waals surface area contributed by atoms with E-state index in [1.165, 1.54) is 0 Å². The number of aryl methyl sites for hydroxylation is 2. The topological polar surface area (TPSA) is 80.6 Å². The van der Waals surface area contributed by atoms with Crippen LogP contribution in [0.1, 0.15) is 51.9 Å². The van der Waals surface area contributed by atoms with Crippen LogP contribution in [0, 0.1) is 6.92 Å². The Bertz CT molecular complexity index is 1180. The van der Waals surface area contributed by atoms with E-state index in [9.17, 15) is 9.59 Å². The first kappa shape index (κ1) is 21.8. The largest absolute Gasteiger partial charge is 0.497 e. The minimum absolute atomic E-state index is 0.0381. The molecule has 168 valence electrons. The van der Waals surface area contributed by atoms with E-state index >= 15 is 0 Å². The van der Waals surface area contributed by atoms with Gasteiger partial charge in [0.1, 0.15) is 5.75 Å². The summed E-state index contributed by atoms with van der Waals surface area (Å²) in [6.07, 6.45) is 0. The highest BCUT2D eigenvalue weighted by atomic mass is 16.5. The molecule has 8 heteroatoms. The zero-order chi connectivity index (χ0) is 23.0. The normalized spacial score (nSPS) is 14.3. The van der Waals surface area contributed by atoms with Gasteiger partial charge in [0.25, 0.3) is 11.8 Å². The van der Waals surface area contributed by atoms with Crippen LogP contribution in [0.3, 0.4) is 0 Å². The summed E-state index contributed by atoms with van der Waals surface area (Å²) in [4.78, 5) is 34.8. The van der Waals surface area contributed by atoms with Crippen molar-refractivity contribution in [2.45, 2.75) is 26.7 Å². The summed E-state index contributed by atoms with van der Waals surface area (Å²) >= 11 is 0. The Labute approximate surface area is 187 Å². The number of hydrogen-bond acceptors (Lipinski definition) is 5. The van der Waals surface area contributed by atoms with Crippen LogP contribution in [0.15, 0.2) is 30.3 Å². The van der Waals surface area contributed by atoms with E-state index in [1.54, 1.807) is 28.8 Å². The number of aromatic nitrogens is 3. The van der Waals surface area contributed by atoms with Crippen LogP contribution in [-0.4, -0.2) is 69.7 Å². The Morgan fingerprint density at radius 1 is 1.03 bits per heavy atom. The van der Waals surface area contributed by atoms with Crippen LogP contribution < -0.4 is 4.74 Å². The molecule has 0 saturated carbocycles. The van der Waals surface area contributed by atoms with Gasteiger partial charge < -0.3 is 14.5 Å². The fourth-order valence-electron chi connectivity index (χ4n) is 4.15. The van der Waals surface area contributed by atoms with Gasteiger partial charge in [0.15, 0.2) is 5.65 Å². The van der Waals surface area contributed by atoms with Crippen molar-refractivity contribution in [1.29, 1.82) is 0 Å². The van der Waals surface area contributed by atoms with Gasteiger partial charge in [0.2, 0.25) is 0 Å². The third kappa shape index (κ3) is 3.92. The van der Waals surface area contributed by atoms with Crippen LogP contribution in [-0.2, 0) is 7.05 Å². The predicted octanol–water partition coefficient (Wildman–Crippen LogP) is 3.01. The average Bonchev–Trinajstić information content (AvgIpc) is 3.11. The molecule has 0 bridgehead atoms. The van der Waals surface area contributed by atoms with Gasteiger partial charge in [-0.1, -0.05) is 19.9 Å². The van der Waals surface area contributed by atoms with E-state index in [0.717, 1.165) is 22.4 Å². The van der Waals surface area contributed by atoms with E-state index < -0.39 is 0 Å². The van der Waals surface area contributed by atoms with Crippen LogP contribution in [0.2, 0.25) is 0 Å². The Morgan fingerprint density at radius 2 is 1.69 bits per heavy atom. The van der Waals surface area contributed by atoms with Crippen LogP contribution in [0.25, 0.3) is 11.0 Å². The standard InChI is InChI=1S/C24H29N5O3/c1-15(2)20-14-19(21-16(3)26-27(4)22(21)25-20)24(31)29-11-9-28(10-12-29)23(30)17-7-6-8-18(13-17)32-5/h6-8,13-15H,9-12H2,1-5H3. The molecule has 0 spiro atoms. The molecule has 0 radical (unpaired) electrons. The molecule has 1 fully saturated rings. The summed E-state index contributed by atoms with van der Waals surface area (Å²) < 4.78 is 6.96. The molecule has 3 aromatic rings. The molecule has 2 amide bonds. The monoisotopic (exact) mass is 435 g/mol. The smallest absolute Gasteiger partial charge is 0.254 e. The van der Waals surface area contributed by atoms with E-state index in [4.69, 9.17) is 9.72 Å². The highest BCUT2D eigenvalue weighted by molar-refractivity contribution is 6.06. The number of pyridine rings is 1. The lowest BCUT2D eigenvalue weighted by atomic mass is 10.0. The summed E-state index contributed by atoms with van der Waals surface area (Å²) in [6, 6.07) is 9.05. The number of benzene rings is 1. The third-order valence-corrected chi connectivity index (χ3v) is 5.98. The van der Waals surface area contributed by atoms with Gasteiger partial charge in [-0.3, -0.25) is 14.3 Å². The minimum Gasteiger partial charge on any atom is -0.497 e. The van der Waals surface area contributed by atoms with Crippen molar-refractivity contribution < 1.29 is 14.3 Å². The van der Waals surface area contributed by atoms with Crippen molar-refractivity contribution in [2.75, 3.05) is 33.3 Å². The van der Waals surface area contributed by atoms with E-state index in [1.807, 2.05) is 37.1 Å². The Balaban J connectivity index is 1.55. The molecule has 0 unspecified atom stereocenters. The minimum atomic E-state index is -0.0486. The number of piperazine rings is 1. The number of rotatable bonds is 4. The first-order valence-electron chi connectivity index (χ1n) is 10.9. The SMILES string of the molecule is COc1cccc(C(=O)N2CCN(C(=O)c3cc(C(C)C)nc4c3c(C)nn4C)CC2)c1. The molecule has 3 heterocycles. The second kappa shape index (κ2) is 8.61. The maximum atomic E-state index is 13.5. The van der Waals surface area contributed by atoms with E-state index in [2.05, 4.69) is 18.9 Å². The third-order valence-electron chi connectivity index (χ3n) is 5.98. The molecule has 8 nitrogen and oxygen atoms in total. The van der Waals surface area contributed by atoms with Crippen molar-refractivity contribution >= 4 is 22.8 Å². The number of carbonyl (C=O) groups is 2. The number of nitrogens with zero attached hydrogens (tertiary/aromatic N) is 5. The van der Waals surface area contributed by atoms with Crippen molar-refractivity contribution in [3.8, 4) is 5.75 Å². The highest BCUT2D eigenvalue weighted by Crippen LogP contribution is 2.26. The summed E-state index contributed by atoms with van der Waals surface area (Å²) in [5.41, 5.74) is 3.62. The quantitative estimate of drug-likeness (QED) is 0.629. The summed E-state index contributed by atoms with van der Waals surface area (Å²) in [5, 5.41) is 5.28. The fraction of sp³-hybridized carbons (Fsp3) is 0.417. The Hall–Kier alpha value is -3.42. The highest BCUT2D eigenvalue weighted by Gasteiger charge is 2.28. The molecule has 1 aliphatic heterocycles. The maximum absolute atomic E-state index is 13.5. The molecule has 1 saturated heterocycles. The second-order valence-corrected chi connectivity index (χ2v) is 8.47. The van der Waals surface area contributed by atoms with Gasteiger partial charge in [-0.05, 0) is 37.1 Å². The molecule has 1 aromatic carbocycles. The van der Waals surface area contributed by atoms with Crippen LogP contribution in [0.4, 0.5) is 0 Å². The lowest BCUT2D eigenvalue weighted by Gasteiger charge is -2.35. The molecule has 32 heavy (non-hydrogen) atoms. The molecular weight excluding hydrogens is 406 g/mol. The zero-order valence-electron chi connectivity index (χ0n) is 19.3. The fourth-order valence-corrected chi connectivity index (χ4v) is 4.15. The van der Waals surface area contributed by atoms with E-state index in [0.29, 0.717) is 43.1 Å². The Kier molecular flexibility index (Phi) is 5.86. The number of amides is 2. The number of carbonyl (C=O) groups excluding carboxylic acids is 2. The predicted molar refractivity (Wildman–Crippen MR) is 122 cm³/mol.